The van der Waals surface area contributed by atoms with Gasteiger partial charge in [-0.05, 0) is 25.1 Å². The van der Waals surface area contributed by atoms with Crippen LogP contribution in [0.3, 0.4) is 0 Å². The first-order valence-corrected chi connectivity index (χ1v) is 8.94. The average Bonchev–Trinajstić information content (AvgIpc) is 3.09. The van der Waals surface area contributed by atoms with Crippen LogP contribution in [0.2, 0.25) is 0 Å². The maximum absolute atomic E-state index is 12.3. The third kappa shape index (κ3) is 3.68. The summed E-state index contributed by atoms with van der Waals surface area (Å²) in [5.41, 5.74) is 3.01. The molecule has 0 aliphatic heterocycles. The molecule has 7 heteroatoms. The Morgan fingerprint density at radius 3 is 2.52 bits per heavy atom. The normalized spacial score (nSPS) is 11.7. The van der Waals surface area contributed by atoms with E-state index in [1.165, 1.54) is 6.26 Å². The third-order valence-electron chi connectivity index (χ3n) is 3.51. The second-order valence-corrected chi connectivity index (χ2v) is 7.55. The van der Waals surface area contributed by atoms with Gasteiger partial charge in [0.05, 0.1) is 22.9 Å². The summed E-state index contributed by atoms with van der Waals surface area (Å²) in [6, 6.07) is 9.40. The second kappa shape index (κ2) is 6.00. The third-order valence-corrected chi connectivity index (χ3v) is 4.98. The van der Waals surface area contributed by atoms with Gasteiger partial charge in [0.2, 0.25) is 5.89 Å². The molecular formula is C16H17N3O3S. The van der Waals surface area contributed by atoms with Gasteiger partial charge in [0.25, 0.3) is 0 Å². The molecule has 0 bridgehead atoms. The molecule has 6 nitrogen and oxygen atoms in total. The van der Waals surface area contributed by atoms with Gasteiger partial charge >= 0.3 is 0 Å². The minimum Gasteiger partial charge on any atom is -0.444 e. The van der Waals surface area contributed by atoms with E-state index in [4.69, 9.17) is 4.42 Å². The predicted molar refractivity (Wildman–Crippen MR) is 86.2 cm³/mol. The van der Waals surface area contributed by atoms with Crippen molar-refractivity contribution in [1.29, 1.82) is 0 Å². The van der Waals surface area contributed by atoms with Gasteiger partial charge in [0, 0.05) is 18.8 Å². The molecule has 0 aliphatic carbocycles. The number of benzene rings is 1. The summed E-state index contributed by atoms with van der Waals surface area (Å²) >= 11 is 0. The molecule has 0 atom stereocenters. The average molecular weight is 331 g/mol. The van der Waals surface area contributed by atoms with Crippen molar-refractivity contribution in [2.45, 2.75) is 18.4 Å². The van der Waals surface area contributed by atoms with E-state index in [-0.39, 0.29) is 11.5 Å². The summed E-state index contributed by atoms with van der Waals surface area (Å²) in [6.07, 6.45) is 2.98. The van der Waals surface area contributed by atoms with Gasteiger partial charge in [-0.25, -0.2) is 13.4 Å². The number of nitrogens with zero attached hydrogens (tertiary/aromatic N) is 3. The van der Waals surface area contributed by atoms with Crippen LogP contribution in [0.15, 0.2) is 47.2 Å². The van der Waals surface area contributed by atoms with Gasteiger partial charge in [0.15, 0.2) is 9.84 Å². The summed E-state index contributed by atoms with van der Waals surface area (Å²) in [6.45, 7) is 2.00. The van der Waals surface area contributed by atoms with E-state index in [0.29, 0.717) is 17.3 Å². The van der Waals surface area contributed by atoms with Gasteiger partial charge in [-0.3, -0.25) is 4.68 Å². The SMILES string of the molecule is Cc1ccc(-c2nc(CS(=O)(=O)Cc3ccnn3C)co2)cc1. The molecule has 0 saturated carbocycles. The molecule has 0 unspecified atom stereocenters. The number of rotatable bonds is 5. The highest BCUT2D eigenvalue weighted by Crippen LogP contribution is 2.20. The highest BCUT2D eigenvalue weighted by molar-refractivity contribution is 7.89. The number of hydrogen-bond donors (Lipinski definition) is 0. The highest BCUT2D eigenvalue weighted by Gasteiger charge is 2.18. The Morgan fingerprint density at radius 2 is 1.87 bits per heavy atom. The summed E-state index contributed by atoms with van der Waals surface area (Å²) in [7, 11) is -1.62. The van der Waals surface area contributed by atoms with Crippen molar-refractivity contribution in [3.63, 3.8) is 0 Å². The quantitative estimate of drug-likeness (QED) is 0.718. The predicted octanol–water partition coefficient (Wildman–Crippen LogP) is 2.50. The molecule has 0 fully saturated rings. The largest absolute Gasteiger partial charge is 0.444 e. The molecule has 0 amide bonds. The van der Waals surface area contributed by atoms with E-state index in [1.807, 2.05) is 31.2 Å². The lowest BCUT2D eigenvalue weighted by molar-refractivity contribution is 0.571. The van der Waals surface area contributed by atoms with Crippen molar-refractivity contribution < 1.29 is 12.8 Å². The highest BCUT2D eigenvalue weighted by atomic mass is 32.2. The lowest BCUT2D eigenvalue weighted by Crippen LogP contribution is -2.11. The fourth-order valence-corrected chi connectivity index (χ4v) is 3.67. The molecule has 3 aromatic rings. The zero-order chi connectivity index (χ0) is 16.4. The number of oxazole rings is 1. The standard InChI is InChI=1S/C16H17N3O3S/c1-12-3-5-13(6-4-12)16-18-14(9-22-16)10-23(20,21)11-15-7-8-17-19(15)2/h3-9H,10-11H2,1-2H3. The molecule has 2 aromatic heterocycles. The van der Waals surface area contributed by atoms with E-state index in [0.717, 1.165) is 11.1 Å². The Labute approximate surface area is 134 Å². The molecule has 23 heavy (non-hydrogen) atoms. The summed E-state index contributed by atoms with van der Waals surface area (Å²) in [5, 5.41) is 3.98. The zero-order valence-corrected chi connectivity index (χ0v) is 13.7. The molecule has 3 rings (SSSR count). The monoisotopic (exact) mass is 331 g/mol. The van der Waals surface area contributed by atoms with Crippen LogP contribution < -0.4 is 0 Å². The number of aromatic nitrogens is 3. The van der Waals surface area contributed by atoms with E-state index in [1.54, 1.807) is 24.0 Å². The molecule has 1 aromatic carbocycles. The molecular weight excluding hydrogens is 314 g/mol. The minimum absolute atomic E-state index is 0.0732. The Hall–Kier alpha value is -2.41. The number of hydrogen-bond acceptors (Lipinski definition) is 5. The van der Waals surface area contributed by atoms with E-state index in [2.05, 4.69) is 10.1 Å². The van der Waals surface area contributed by atoms with Crippen LogP contribution in [0.1, 0.15) is 17.0 Å². The molecule has 0 saturated heterocycles. The van der Waals surface area contributed by atoms with Crippen LogP contribution in [0, 0.1) is 6.92 Å². The van der Waals surface area contributed by atoms with Crippen molar-refractivity contribution in [3.8, 4) is 11.5 Å². The van der Waals surface area contributed by atoms with Crippen LogP contribution in [0.25, 0.3) is 11.5 Å². The molecule has 0 radical (unpaired) electrons. The molecule has 120 valence electrons. The van der Waals surface area contributed by atoms with Gasteiger partial charge in [-0.2, -0.15) is 5.10 Å². The van der Waals surface area contributed by atoms with Gasteiger partial charge < -0.3 is 4.42 Å². The van der Waals surface area contributed by atoms with Crippen molar-refractivity contribution in [3.05, 3.63) is 59.7 Å². The number of aryl methyl sites for hydroxylation is 2. The van der Waals surface area contributed by atoms with E-state index < -0.39 is 9.84 Å². The molecule has 2 heterocycles. The Balaban J connectivity index is 1.76. The maximum atomic E-state index is 12.3. The Kier molecular flexibility index (Phi) is 4.04. The van der Waals surface area contributed by atoms with Gasteiger partial charge in [-0.1, -0.05) is 17.7 Å². The zero-order valence-electron chi connectivity index (χ0n) is 12.9. The Bertz CT molecular complexity index is 908. The van der Waals surface area contributed by atoms with E-state index >= 15 is 0 Å². The van der Waals surface area contributed by atoms with Crippen molar-refractivity contribution >= 4 is 9.84 Å². The molecule has 0 spiro atoms. The second-order valence-electron chi connectivity index (χ2n) is 5.49. The smallest absolute Gasteiger partial charge is 0.226 e. The Morgan fingerprint density at radius 1 is 1.13 bits per heavy atom. The first-order chi connectivity index (χ1) is 10.9. The lowest BCUT2D eigenvalue weighted by Gasteiger charge is -2.02. The summed E-state index contributed by atoms with van der Waals surface area (Å²) < 4.78 is 31.5. The van der Waals surface area contributed by atoms with Gasteiger partial charge in [0.1, 0.15) is 6.26 Å². The van der Waals surface area contributed by atoms with Crippen LogP contribution in [0.4, 0.5) is 0 Å². The topological polar surface area (TPSA) is 78.0 Å². The first-order valence-electron chi connectivity index (χ1n) is 7.12. The van der Waals surface area contributed by atoms with Crippen LogP contribution >= 0.6 is 0 Å². The van der Waals surface area contributed by atoms with Gasteiger partial charge in [-0.15, -0.1) is 0 Å². The number of sulfone groups is 1. The summed E-state index contributed by atoms with van der Waals surface area (Å²) in [4.78, 5) is 4.28. The summed E-state index contributed by atoms with van der Waals surface area (Å²) in [5.74, 6) is 0.194. The minimum atomic E-state index is -3.34. The van der Waals surface area contributed by atoms with Crippen LogP contribution in [0.5, 0.6) is 0 Å². The van der Waals surface area contributed by atoms with Crippen molar-refractivity contribution in [1.82, 2.24) is 14.8 Å². The van der Waals surface area contributed by atoms with E-state index in [9.17, 15) is 8.42 Å². The fraction of sp³-hybridized carbons (Fsp3) is 0.250. The van der Waals surface area contributed by atoms with Crippen molar-refractivity contribution in [2.24, 2.45) is 7.05 Å². The lowest BCUT2D eigenvalue weighted by atomic mass is 10.1. The first kappa shape index (κ1) is 15.5. The molecule has 0 N–H and O–H groups in total. The van der Waals surface area contributed by atoms with Crippen LogP contribution in [-0.2, 0) is 28.4 Å². The molecule has 0 aliphatic rings. The fourth-order valence-electron chi connectivity index (χ4n) is 2.25. The van der Waals surface area contributed by atoms with Crippen molar-refractivity contribution in [2.75, 3.05) is 0 Å². The van der Waals surface area contributed by atoms with Crippen LogP contribution in [-0.4, -0.2) is 23.2 Å². The maximum Gasteiger partial charge on any atom is 0.226 e.